The number of aromatic nitrogens is 7. The molecular formula is C27H27N9. The summed E-state index contributed by atoms with van der Waals surface area (Å²) in [6.45, 7) is 2.10. The van der Waals surface area contributed by atoms with Crippen LogP contribution < -0.4 is 10.6 Å². The van der Waals surface area contributed by atoms with Gasteiger partial charge < -0.3 is 20.6 Å². The number of pyridine rings is 1. The van der Waals surface area contributed by atoms with Gasteiger partial charge in [-0.3, -0.25) is 4.98 Å². The van der Waals surface area contributed by atoms with Gasteiger partial charge in [0.2, 0.25) is 0 Å². The Morgan fingerprint density at radius 1 is 0.639 bits per heavy atom. The summed E-state index contributed by atoms with van der Waals surface area (Å²) in [5.74, 6) is 1.99. The Kier molecular flexibility index (Phi) is 5.29. The van der Waals surface area contributed by atoms with Crippen LogP contribution in [0.5, 0.6) is 0 Å². The molecule has 2 aliphatic rings. The summed E-state index contributed by atoms with van der Waals surface area (Å²) in [5, 5.41) is 6.96. The molecule has 2 aliphatic heterocycles. The summed E-state index contributed by atoms with van der Waals surface area (Å²) in [4.78, 5) is 30.1. The molecule has 0 aliphatic carbocycles. The minimum absolute atomic E-state index is 0.306. The Morgan fingerprint density at radius 2 is 1.28 bits per heavy atom. The molecule has 4 N–H and O–H groups in total. The second-order valence-corrected chi connectivity index (χ2v) is 9.56. The fourth-order valence-electron chi connectivity index (χ4n) is 5.16. The molecule has 0 radical (unpaired) electrons. The fraction of sp³-hybridized carbons (Fsp3) is 0.296. The Bertz CT molecular complexity index is 1510. The molecule has 0 unspecified atom stereocenters. The van der Waals surface area contributed by atoms with Gasteiger partial charge >= 0.3 is 0 Å². The summed E-state index contributed by atoms with van der Waals surface area (Å²) in [6, 6.07) is 11.0. The van der Waals surface area contributed by atoms with Gasteiger partial charge in [-0.1, -0.05) is 24.3 Å². The van der Waals surface area contributed by atoms with Crippen LogP contribution in [0.2, 0.25) is 0 Å². The van der Waals surface area contributed by atoms with Gasteiger partial charge in [-0.15, -0.1) is 0 Å². The van der Waals surface area contributed by atoms with E-state index in [0.717, 1.165) is 76.9 Å². The lowest BCUT2D eigenvalue weighted by Crippen LogP contribution is -2.14. The van der Waals surface area contributed by atoms with Gasteiger partial charge in [0.25, 0.3) is 0 Å². The van der Waals surface area contributed by atoms with Crippen molar-refractivity contribution in [1.29, 1.82) is 0 Å². The highest BCUT2D eigenvalue weighted by atomic mass is 15.0. The van der Waals surface area contributed by atoms with Gasteiger partial charge in [-0.25, -0.2) is 19.9 Å². The van der Waals surface area contributed by atoms with E-state index in [0.29, 0.717) is 17.7 Å². The van der Waals surface area contributed by atoms with E-state index in [9.17, 15) is 0 Å². The van der Waals surface area contributed by atoms with Crippen LogP contribution in [0.15, 0.2) is 55.1 Å². The molecule has 6 heterocycles. The number of imidazole rings is 2. The maximum absolute atomic E-state index is 4.77. The quantitative estimate of drug-likeness (QED) is 0.297. The zero-order valence-electron chi connectivity index (χ0n) is 19.8. The third-order valence-corrected chi connectivity index (χ3v) is 7.17. The average molecular weight is 478 g/mol. The number of hydrogen-bond acceptors (Lipinski definition) is 7. The number of benzene rings is 1. The minimum Gasteiger partial charge on any atom is -0.341 e. The topological polar surface area (TPSA) is 120 Å². The first-order valence-electron chi connectivity index (χ1n) is 12.6. The molecule has 2 saturated heterocycles. The van der Waals surface area contributed by atoms with Crippen molar-refractivity contribution < 1.29 is 0 Å². The van der Waals surface area contributed by atoms with Crippen molar-refractivity contribution in [3.63, 3.8) is 0 Å². The van der Waals surface area contributed by atoms with Crippen molar-refractivity contribution in [3.8, 4) is 33.8 Å². The molecule has 36 heavy (non-hydrogen) atoms. The van der Waals surface area contributed by atoms with Crippen molar-refractivity contribution >= 4 is 11.2 Å². The van der Waals surface area contributed by atoms with E-state index < -0.39 is 0 Å². The number of nitrogens with zero attached hydrogens (tertiary/aromatic N) is 5. The molecule has 2 atom stereocenters. The van der Waals surface area contributed by atoms with Gasteiger partial charge in [-0.2, -0.15) is 0 Å². The summed E-state index contributed by atoms with van der Waals surface area (Å²) in [7, 11) is 0. The van der Waals surface area contributed by atoms with Crippen molar-refractivity contribution in [1.82, 2.24) is 45.5 Å². The largest absolute Gasteiger partial charge is 0.341 e. The number of rotatable bonds is 5. The second-order valence-electron chi connectivity index (χ2n) is 9.56. The van der Waals surface area contributed by atoms with E-state index in [1.807, 2.05) is 30.9 Å². The molecule has 0 spiro atoms. The molecule has 4 aromatic heterocycles. The SMILES string of the molecule is c1cc(-c2cnc([C@@H]3CCCN3)[nH]2)ccc1-c1cnc2cc(-c3cnc([C@@H]4CCCN4)[nH]3)cnc2n1. The number of aromatic amines is 2. The first-order chi connectivity index (χ1) is 17.8. The zero-order chi connectivity index (χ0) is 23.9. The highest BCUT2D eigenvalue weighted by Gasteiger charge is 2.20. The molecular weight excluding hydrogens is 450 g/mol. The molecule has 2 fully saturated rings. The van der Waals surface area contributed by atoms with Crippen LogP contribution in [0.3, 0.4) is 0 Å². The first-order valence-corrected chi connectivity index (χ1v) is 12.6. The number of fused-ring (bicyclic) bond motifs is 1. The van der Waals surface area contributed by atoms with Crippen LogP contribution in [0.1, 0.15) is 49.4 Å². The predicted molar refractivity (Wildman–Crippen MR) is 138 cm³/mol. The summed E-state index contributed by atoms with van der Waals surface area (Å²) < 4.78 is 0. The lowest BCUT2D eigenvalue weighted by Gasteiger charge is -2.07. The normalized spacial score (nSPS) is 19.9. The van der Waals surface area contributed by atoms with E-state index in [4.69, 9.17) is 4.98 Å². The van der Waals surface area contributed by atoms with Crippen molar-refractivity contribution in [2.75, 3.05) is 13.1 Å². The van der Waals surface area contributed by atoms with Gasteiger partial charge in [0.15, 0.2) is 5.65 Å². The van der Waals surface area contributed by atoms with Crippen LogP contribution in [0.25, 0.3) is 44.9 Å². The Morgan fingerprint density at radius 3 is 1.92 bits per heavy atom. The van der Waals surface area contributed by atoms with Crippen LogP contribution in [-0.4, -0.2) is 48.0 Å². The van der Waals surface area contributed by atoms with Crippen LogP contribution in [0.4, 0.5) is 0 Å². The van der Waals surface area contributed by atoms with Crippen molar-refractivity contribution in [2.24, 2.45) is 0 Å². The zero-order valence-corrected chi connectivity index (χ0v) is 19.8. The van der Waals surface area contributed by atoms with E-state index in [-0.39, 0.29) is 0 Å². The van der Waals surface area contributed by atoms with Gasteiger partial charge in [0.1, 0.15) is 17.2 Å². The third-order valence-electron chi connectivity index (χ3n) is 7.17. The highest BCUT2D eigenvalue weighted by Crippen LogP contribution is 2.28. The van der Waals surface area contributed by atoms with Gasteiger partial charge in [0, 0.05) is 17.3 Å². The lowest BCUT2D eigenvalue weighted by atomic mass is 10.1. The van der Waals surface area contributed by atoms with Gasteiger partial charge in [-0.05, 0) is 50.4 Å². The van der Waals surface area contributed by atoms with E-state index in [1.165, 1.54) is 12.8 Å². The van der Waals surface area contributed by atoms with Gasteiger partial charge in [0.05, 0.1) is 47.8 Å². The minimum atomic E-state index is 0.306. The maximum atomic E-state index is 4.77. The van der Waals surface area contributed by atoms with E-state index in [1.54, 1.807) is 0 Å². The monoisotopic (exact) mass is 477 g/mol. The maximum Gasteiger partial charge on any atom is 0.178 e. The average Bonchev–Trinajstić information content (AvgIpc) is 3.75. The molecule has 0 bridgehead atoms. The fourth-order valence-corrected chi connectivity index (χ4v) is 5.16. The molecule has 0 saturated carbocycles. The lowest BCUT2D eigenvalue weighted by molar-refractivity contribution is 0.613. The molecule has 0 amide bonds. The molecule has 180 valence electrons. The number of hydrogen-bond donors (Lipinski definition) is 4. The predicted octanol–water partition coefficient (Wildman–Crippen LogP) is 4.32. The summed E-state index contributed by atoms with van der Waals surface area (Å²) in [5.41, 5.74) is 7.20. The van der Waals surface area contributed by atoms with Crippen LogP contribution >= 0.6 is 0 Å². The molecule has 9 nitrogen and oxygen atoms in total. The smallest absolute Gasteiger partial charge is 0.178 e. The van der Waals surface area contributed by atoms with Crippen LogP contribution in [0, 0.1) is 0 Å². The summed E-state index contributed by atoms with van der Waals surface area (Å²) >= 11 is 0. The standard InChI is InChI=1S/C27H27N9/c1-3-19(28-9-1)25-32-14-23(34-25)17-7-5-16(6-8-17)22-13-30-21-11-18(12-31-27(21)35-22)24-15-33-26(36-24)20-4-2-10-29-20/h5-8,11-15,19-20,28-29H,1-4,9-10H2,(H,32,34)(H,33,36)/t19-,20-/m0/s1. The highest BCUT2D eigenvalue weighted by molar-refractivity contribution is 5.78. The molecule has 7 rings (SSSR count). The molecule has 5 aromatic rings. The third kappa shape index (κ3) is 3.96. The Labute approximate surface area is 208 Å². The van der Waals surface area contributed by atoms with E-state index in [2.05, 4.69) is 64.8 Å². The number of nitrogens with one attached hydrogen (secondary N) is 4. The van der Waals surface area contributed by atoms with Crippen molar-refractivity contribution in [2.45, 2.75) is 37.8 Å². The molecule has 1 aromatic carbocycles. The van der Waals surface area contributed by atoms with E-state index >= 15 is 0 Å². The van der Waals surface area contributed by atoms with Crippen LogP contribution in [-0.2, 0) is 0 Å². The summed E-state index contributed by atoms with van der Waals surface area (Å²) in [6.07, 6.45) is 12.0. The van der Waals surface area contributed by atoms with Crippen molar-refractivity contribution in [3.05, 3.63) is 66.8 Å². The Balaban J connectivity index is 1.11. The first kappa shape index (κ1) is 21.3. The number of H-pyrrole nitrogens is 2. The second kappa shape index (κ2) is 8.92. The Hall–Kier alpha value is -3.95. The molecule has 9 heteroatoms.